The third-order valence-electron chi connectivity index (χ3n) is 7.43. The van der Waals surface area contributed by atoms with Crippen LogP contribution in [0, 0.1) is 13.8 Å². The Morgan fingerprint density at radius 3 is 2.52 bits per heavy atom. The van der Waals surface area contributed by atoms with Crippen molar-refractivity contribution in [2.45, 2.75) is 39.2 Å². The van der Waals surface area contributed by atoms with Gasteiger partial charge >= 0.3 is 0 Å². The number of fused-ring (bicyclic) bond motifs is 1. The number of amides is 2. The summed E-state index contributed by atoms with van der Waals surface area (Å²) in [6.45, 7) is 5.24. The minimum Gasteiger partial charge on any atom is -0.322 e. The van der Waals surface area contributed by atoms with Crippen molar-refractivity contribution in [2.75, 3.05) is 23.3 Å². The highest BCUT2D eigenvalue weighted by Crippen LogP contribution is 2.36. The van der Waals surface area contributed by atoms with Gasteiger partial charge in [-0.1, -0.05) is 29.8 Å². The topological polar surface area (TPSA) is 74.3 Å². The van der Waals surface area contributed by atoms with Crippen LogP contribution in [0.2, 0.25) is 5.02 Å². The van der Waals surface area contributed by atoms with E-state index in [9.17, 15) is 9.59 Å². The molecule has 5 rings (SSSR count). The van der Waals surface area contributed by atoms with Gasteiger partial charge in [-0.25, -0.2) is 0 Å². The van der Waals surface area contributed by atoms with Crippen LogP contribution in [0.3, 0.4) is 0 Å². The molecule has 2 N–H and O–H groups in total. The smallest absolute Gasteiger partial charge is 0.258 e. The van der Waals surface area contributed by atoms with Crippen LogP contribution in [0.25, 0.3) is 0 Å². The first kappa shape index (κ1) is 27.6. The predicted octanol–water partition coefficient (Wildman–Crippen LogP) is 6.92. The number of nitrogens with zero attached hydrogens (tertiary/aromatic N) is 2. The van der Waals surface area contributed by atoms with Crippen LogP contribution in [0.5, 0.6) is 0 Å². The van der Waals surface area contributed by atoms with E-state index in [-0.39, 0.29) is 17.9 Å². The molecule has 0 saturated heterocycles. The Kier molecular flexibility index (Phi) is 8.58. The van der Waals surface area contributed by atoms with E-state index in [4.69, 9.17) is 11.6 Å². The van der Waals surface area contributed by atoms with Crippen molar-refractivity contribution in [3.63, 3.8) is 0 Å². The van der Waals surface area contributed by atoms with Crippen LogP contribution >= 0.6 is 11.6 Å². The summed E-state index contributed by atoms with van der Waals surface area (Å²) in [6.07, 6.45) is 6.27. The lowest BCUT2D eigenvalue weighted by atomic mass is 10.0. The number of rotatable bonds is 7. The number of halogens is 1. The second-order valence-electron chi connectivity index (χ2n) is 10.2. The number of benzene rings is 3. The van der Waals surface area contributed by atoms with Gasteiger partial charge in [0, 0.05) is 52.5 Å². The molecule has 1 aromatic heterocycles. The molecular weight excluding hydrogens is 520 g/mol. The summed E-state index contributed by atoms with van der Waals surface area (Å²) in [5.74, 6) is -0.229. The van der Waals surface area contributed by atoms with Gasteiger partial charge < -0.3 is 15.5 Å². The number of aryl methyl sites for hydroxylation is 2. The molecule has 0 saturated carbocycles. The normalized spacial score (nSPS) is 14.8. The number of hydrogen-bond donors (Lipinski definition) is 2. The molecule has 6 nitrogen and oxygen atoms in total. The SMILES string of the molecule is Cc1ccccc1C(=O)Nc1ccc(C(=O)N2CCCC(NCCc3ccncc3)c3cc(Cl)ccc32)c(C)c1. The fraction of sp³-hybridized carbons (Fsp3) is 0.242. The van der Waals surface area contributed by atoms with Crippen LogP contribution in [0.1, 0.15) is 61.9 Å². The fourth-order valence-electron chi connectivity index (χ4n) is 5.30. The molecule has 40 heavy (non-hydrogen) atoms. The van der Waals surface area contributed by atoms with Crippen LogP contribution in [-0.2, 0) is 6.42 Å². The molecule has 0 fully saturated rings. The van der Waals surface area contributed by atoms with E-state index in [0.717, 1.165) is 48.2 Å². The quantitative estimate of drug-likeness (QED) is 0.261. The Balaban J connectivity index is 1.34. The summed E-state index contributed by atoms with van der Waals surface area (Å²) < 4.78 is 0. The van der Waals surface area contributed by atoms with Gasteiger partial charge in [0.15, 0.2) is 0 Å². The lowest BCUT2D eigenvalue weighted by Gasteiger charge is -2.25. The maximum atomic E-state index is 13.9. The average Bonchev–Trinajstić information content (AvgIpc) is 3.12. The van der Waals surface area contributed by atoms with Crippen molar-refractivity contribution < 1.29 is 9.59 Å². The van der Waals surface area contributed by atoms with Crippen molar-refractivity contribution in [1.82, 2.24) is 10.3 Å². The summed E-state index contributed by atoms with van der Waals surface area (Å²) in [6, 6.07) is 22.8. The second-order valence-corrected chi connectivity index (χ2v) is 10.6. The Morgan fingerprint density at radius 1 is 0.950 bits per heavy atom. The average molecular weight is 553 g/mol. The van der Waals surface area contributed by atoms with E-state index < -0.39 is 0 Å². The molecular formula is C33H33ClN4O2. The summed E-state index contributed by atoms with van der Waals surface area (Å²) in [5.41, 5.74) is 6.76. The Hall–Kier alpha value is -4.00. The molecule has 0 bridgehead atoms. The Bertz CT molecular complexity index is 1520. The number of nitrogens with one attached hydrogen (secondary N) is 2. The first-order valence-electron chi connectivity index (χ1n) is 13.6. The highest BCUT2D eigenvalue weighted by Gasteiger charge is 2.28. The van der Waals surface area contributed by atoms with Gasteiger partial charge in [0.25, 0.3) is 11.8 Å². The molecule has 1 aliphatic rings. The van der Waals surface area contributed by atoms with Crippen LogP contribution < -0.4 is 15.5 Å². The molecule has 3 aromatic carbocycles. The second kappa shape index (κ2) is 12.5. The van der Waals surface area contributed by atoms with Crippen molar-refractivity contribution in [2.24, 2.45) is 0 Å². The molecule has 4 aromatic rings. The lowest BCUT2D eigenvalue weighted by Crippen LogP contribution is -2.32. The van der Waals surface area contributed by atoms with Crippen molar-refractivity contribution in [3.8, 4) is 0 Å². The zero-order valence-electron chi connectivity index (χ0n) is 22.8. The lowest BCUT2D eigenvalue weighted by molar-refractivity contribution is 0.0985. The van der Waals surface area contributed by atoms with Crippen molar-refractivity contribution in [1.29, 1.82) is 0 Å². The van der Waals surface area contributed by atoms with Gasteiger partial charge in [-0.15, -0.1) is 0 Å². The number of anilines is 2. The first-order valence-corrected chi connectivity index (χ1v) is 14.0. The van der Waals surface area contributed by atoms with E-state index >= 15 is 0 Å². The molecule has 0 aliphatic carbocycles. The van der Waals surface area contributed by atoms with Crippen molar-refractivity contribution >= 4 is 34.8 Å². The number of aromatic nitrogens is 1. The maximum absolute atomic E-state index is 13.9. The highest BCUT2D eigenvalue weighted by atomic mass is 35.5. The molecule has 2 heterocycles. The van der Waals surface area contributed by atoms with Gasteiger partial charge in [-0.2, -0.15) is 0 Å². The maximum Gasteiger partial charge on any atom is 0.258 e. The number of hydrogen-bond acceptors (Lipinski definition) is 4. The standard InChI is InChI=1S/C33H33ClN4O2/c1-22-6-3-4-7-27(22)32(39)37-26-10-11-28(23(2)20-26)33(40)38-19-5-8-30(29-21-25(34)9-12-31(29)38)36-18-15-24-13-16-35-17-14-24/h3-4,6-7,9-14,16-17,20-21,30,36H,5,8,15,18-19H2,1-2H3,(H,37,39). The number of pyridine rings is 1. The molecule has 204 valence electrons. The van der Waals surface area contributed by atoms with Gasteiger partial charge in [-0.05, 0) is 117 Å². The summed E-state index contributed by atoms with van der Waals surface area (Å²) in [7, 11) is 0. The van der Waals surface area contributed by atoms with E-state index in [1.165, 1.54) is 5.56 Å². The van der Waals surface area contributed by atoms with Gasteiger partial charge in [-0.3, -0.25) is 14.6 Å². The molecule has 2 amide bonds. The minimum atomic E-state index is -0.169. The summed E-state index contributed by atoms with van der Waals surface area (Å²) >= 11 is 6.43. The molecule has 1 atom stereocenters. The molecule has 1 aliphatic heterocycles. The first-order chi connectivity index (χ1) is 19.4. The summed E-state index contributed by atoms with van der Waals surface area (Å²) in [4.78, 5) is 32.7. The minimum absolute atomic E-state index is 0.0599. The predicted molar refractivity (Wildman–Crippen MR) is 161 cm³/mol. The van der Waals surface area contributed by atoms with Gasteiger partial charge in [0.1, 0.15) is 0 Å². The van der Waals surface area contributed by atoms with E-state index in [0.29, 0.717) is 28.4 Å². The third kappa shape index (κ3) is 6.24. The molecule has 0 spiro atoms. The van der Waals surface area contributed by atoms with Gasteiger partial charge in [0.2, 0.25) is 0 Å². The Labute approximate surface area is 240 Å². The third-order valence-corrected chi connectivity index (χ3v) is 7.67. The highest BCUT2D eigenvalue weighted by molar-refractivity contribution is 6.30. The zero-order chi connectivity index (χ0) is 28.1. The van der Waals surface area contributed by atoms with Crippen LogP contribution in [0.4, 0.5) is 11.4 Å². The Morgan fingerprint density at radius 2 is 1.75 bits per heavy atom. The van der Waals surface area contributed by atoms with Crippen LogP contribution in [-0.4, -0.2) is 29.9 Å². The van der Waals surface area contributed by atoms with E-state index in [1.807, 2.05) is 85.7 Å². The summed E-state index contributed by atoms with van der Waals surface area (Å²) in [5, 5.41) is 7.31. The van der Waals surface area contributed by atoms with Gasteiger partial charge in [0.05, 0.1) is 0 Å². The monoisotopic (exact) mass is 552 g/mol. The molecule has 1 unspecified atom stereocenters. The van der Waals surface area contributed by atoms with Crippen molar-refractivity contribution in [3.05, 3.63) is 124 Å². The van der Waals surface area contributed by atoms with Crippen LogP contribution in [0.15, 0.2) is 85.2 Å². The van der Waals surface area contributed by atoms with E-state index in [2.05, 4.69) is 15.6 Å². The number of carbonyl (C=O) groups is 2. The van der Waals surface area contributed by atoms with E-state index in [1.54, 1.807) is 18.2 Å². The fourth-order valence-corrected chi connectivity index (χ4v) is 5.48. The largest absolute Gasteiger partial charge is 0.322 e. The zero-order valence-corrected chi connectivity index (χ0v) is 23.5. The number of carbonyl (C=O) groups excluding carboxylic acids is 2. The molecule has 7 heteroatoms. The molecule has 0 radical (unpaired) electrons.